The zero-order valence-corrected chi connectivity index (χ0v) is 13.1. The van der Waals surface area contributed by atoms with Crippen molar-refractivity contribution in [3.05, 3.63) is 91.0 Å². The molecule has 4 aromatic carbocycles. The molecule has 0 spiro atoms. The summed E-state index contributed by atoms with van der Waals surface area (Å²) >= 11 is 0. The predicted octanol–water partition coefficient (Wildman–Crippen LogP) is 6.21. The smallest absolute Gasteiger partial charge is 0.0715 e. The van der Waals surface area contributed by atoms with Gasteiger partial charge in [0.2, 0.25) is 0 Å². The van der Waals surface area contributed by atoms with E-state index >= 15 is 0 Å². The van der Waals surface area contributed by atoms with E-state index in [1.54, 1.807) is 0 Å². The molecule has 0 saturated carbocycles. The summed E-state index contributed by atoms with van der Waals surface area (Å²) in [6.07, 6.45) is 0. The highest BCUT2D eigenvalue weighted by Gasteiger charge is 2.11. The zero-order chi connectivity index (χ0) is 15.9. The molecule has 0 atom stereocenters. The van der Waals surface area contributed by atoms with Crippen molar-refractivity contribution in [1.82, 2.24) is 4.98 Å². The summed E-state index contributed by atoms with van der Waals surface area (Å²) < 4.78 is 0. The molecule has 0 aliphatic rings. The van der Waals surface area contributed by atoms with E-state index in [4.69, 9.17) is 4.98 Å². The molecule has 0 saturated heterocycles. The fourth-order valence-electron chi connectivity index (χ4n) is 3.50. The van der Waals surface area contributed by atoms with E-state index < -0.39 is 0 Å². The molecule has 0 fully saturated rings. The predicted molar refractivity (Wildman–Crippen MR) is 102 cm³/mol. The lowest BCUT2D eigenvalue weighted by atomic mass is 9.94. The van der Waals surface area contributed by atoms with Gasteiger partial charge in [-0.1, -0.05) is 72.8 Å². The summed E-state index contributed by atoms with van der Waals surface area (Å²) in [7, 11) is 0. The van der Waals surface area contributed by atoms with Gasteiger partial charge < -0.3 is 0 Å². The first-order valence-corrected chi connectivity index (χ1v) is 8.17. The second-order valence-electron chi connectivity index (χ2n) is 6.08. The Morgan fingerprint density at radius 2 is 1.08 bits per heavy atom. The highest BCUT2D eigenvalue weighted by molar-refractivity contribution is 6.10. The number of hydrogen-bond acceptors (Lipinski definition) is 1. The molecule has 0 N–H and O–H groups in total. The quantitative estimate of drug-likeness (QED) is 0.336. The van der Waals surface area contributed by atoms with Gasteiger partial charge in [-0.05, 0) is 34.5 Å². The third-order valence-electron chi connectivity index (χ3n) is 4.63. The summed E-state index contributed by atoms with van der Waals surface area (Å²) in [6, 6.07) is 32.0. The lowest BCUT2D eigenvalue weighted by molar-refractivity contribution is 1.49. The van der Waals surface area contributed by atoms with E-state index in [0.717, 1.165) is 11.0 Å². The summed E-state index contributed by atoms with van der Waals surface area (Å²) in [5.74, 6) is 0. The highest BCUT2D eigenvalue weighted by atomic mass is 14.7. The number of rotatable bonds is 1. The van der Waals surface area contributed by atoms with Crippen LogP contribution < -0.4 is 0 Å². The molecule has 1 aromatic heterocycles. The van der Waals surface area contributed by atoms with E-state index in [0.29, 0.717) is 0 Å². The average molecular weight is 305 g/mol. The lowest BCUT2D eigenvalue weighted by Crippen LogP contribution is -1.89. The maximum atomic E-state index is 4.83. The number of hydrogen-bond donors (Lipinski definition) is 0. The minimum Gasteiger partial charge on any atom is -0.248 e. The van der Waals surface area contributed by atoms with Gasteiger partial charge in [-0.15, -0.1) is 0 Å². The molecule has 1 heteroatoms. The SMILES string of the molecule is c1ccc2cc(-c3c4ccccc4nc4ccccc34)ccc2c1. The zero-order valence-electron chi connectivity index (χ0n) is 13.1. The van der Waals surface area contributed by atoms with Crippen LogP contribution in [0, 0.1) is 0 Å². The van der Waals surface area contributed by atoms with Crippen molar-refractivity contribution < 1.29 is 0 Å². The molecule has 0 unspecified atom stereocenters. The molecule has 0 bridgehead atoms. The summed E-state index contributed by atoms with van der Waals surface area (Å²) in [5.41, 5.74) is 4.59. The minimum absolute atomic E-state index is 1.04. The number of benzene rings is 4. The first-order valence-electron chi connectivity index (χ1n) is 8.17. The third-order valence-corrected chi connectivity index (χ3v) is 4.63. The van der Waals surface area contributed by atoms with E-state index in [-0.39, 0.29) is 0 Å². The van der Waals surface area contributed by atoms with E-state index in [1.807, 2.05) is 12.1 Å². The van der Waals surface area contributed by atoms with Gasteiger partial charge in [0.1, 0.15) is 0 Å². The van der Waals surface area contributed by atoms with Crippen LogP contribution in [0.1, 0.15) is 0 Å². The maximum Gasteiger partial charge on any atom is 0.0715 e. The van der Waals surface area contributed by atoms with Crippen LogP contribution in [0.4, 0.5) is 0 Å². The van der Waals surface area contributed by atoms with E-state index in [1.165, 1.54) is 32.7 Å². The summed E-state index contributed by atoms with van der Waals surface area (Å²) in [6.45, 7) is 0. The van der Waals surface area contributed by atoms with Gasteiger partial charge in [-0.25, -0.2) is 4.98 Å². The summed E-state index contributed by atoms with van der Waals surface area (Å²) in [5, 5.41) is 4.93. The Hall–Kier alpha value is -3.19. The Bertz CT molecular complexity index is 1150. The van der Waals surface area contributed by atoms with Crippen LogP contribution in [0.2, 0.25) is 0 Å². The normalized spacial score (nSPS) is 11.3. The number of fused-ring (bicyclic) bond motifs is 3. The van der Waals surface area contributed by atoms with Crippen molar-refractivity contribution >= 4 is 32.6 Å². The Morgan fingerprint density at radius 3 is 1.79 bits per heavy atom. The monoisotopic (exact) mass is 305 g/mol. The van der Waals surface area contributed by atoms with Crippen molar-refractivity contribution in [3.63, 3.8) is 0 Å². The molecule has 112 valence electrons. The van der Waals surface area contributed by atoms with Gasteiger partial charge >= 0.3 is 0 Å². The number of para-hydroxylation sites is 2. The second-order valence-corrected chi connectivity index (χ2v) is 6.08. The third kappa shape index (κ3) is 1.99. The van der Waals surface area contributed by atoms with Crippen molar-refractivity contribution in [1.29, 1.82) is 0 Å². The van der Waals surface area contributed by atoms with Crippen molar-refractivity contribution in [2.24, 2.45) is 0 Å². The standard InChI is InChI=1S/C23H15N/c1-2-8-17-15-18(14-13-16(17)7-1)23-19-9-3-5-11-21(19)24-22-12-6-4-10-20(22)23/h1-15H. The molecule has 5 rings (SSSR count). The van der Waals surface area contributed by atoms with E-state index in [2.05, 4.69) is 78.9 Å². The van der Waals surface area contributed by atoms with Gasteiger partial charge in [0.15, 0.2) is 0 Å². The van der Waals surface area contributed by atoms with Gasteiger partial charge in [-0.3, -0.25) is 0 Å². The van der Waals surface area contributed by atoms with E-state index in [9.17, 15) is 0 Å². The van der Waals surface area contributed by atoms with Gasteiger partial charge in [-0.2, -0.15) is 0 Å². The molecule has 0 amide bonds. The van der Waals surface area contributed by atoms with Crippen molar-refractivity contribution in [2.45, 2.75) is 0 Å². The molecule has 0 radical (unpaired) electrons. The van der Waals surface area contributed by atoms with Crippen LogP contribution in [0.15, 0.2) is 91.0 Å². The van der Waals surface area contributed by atoms with Crippen LogP contribution in [-0.2, 0) is 0 Å². The second kappa shape index (κ2) is 5.17. The van der Waals surface area contributed by atoms with Gasteiger partial charge in [0.05, 0.1) is 11.0 Å². The van der Waals surface area contributed by atoms with Crippen LogP contribution in [0.25, 0.3) is 43.7 Å². The fraction of sp³-hybridized carbons (Fsp3) is 0. The molecular formula is C23H15N. The number of aromatic nitrogens is 1. The Labute approximate surface area is 140 Å². The molecule has 1 nitrogen and oxygen atoms in total. The fourth-order valence-corrected chi connectivity index (χ4v) is 3.50. The Kier molecular flexibility index (Phi) is 2.86. The molecular weight excluding hydrogens is 290 g/mol. The average Bonchev–Trinajstić information content (AvgIpc) is 2.65. The molecule has 24 heavy (non-hydrogen) atoms. The molecule has 0 aliphatic heterocycles. The number of nitrogens with zero attached hydrogens (tertiary/aromatic N) is 1. The van der Waals surface area contributed by atoms with Gasteiger partial charge in [0.25, 0.3) is 0 Å². The van der Waals surface area contributed by atoms with Crippen molar-refractivity contribution in [2.75, 3.05) is 0 Å². The first kappa shape index (κ1) is 13.3. The van der Waals surface area contributed by atoms with Crippen LogP contribution in [-0.4, -0.2) is 4.98 Å². The Balaban J connectivity index is 1.94. The largest absolute Gasteiger partial charge is 0.248 e. The molecule has 0 aliphatic carbocycles. The summed E-state index contributed by atoms with van der Waals surface area (Å²) in [4.78, 5) is 4.83. The first-order chi connectivity index (χ1) is 11.9. The molecule has 5 aromatic rings. The van der Waals surface area contributed by atoms with Crippen LogP contribution in [0.5, 0.6) is 0 Å². The van der Waals surface area contributed by atoms with Crippen LogP contribution in [0.3, 0.4) is 0 Å². The van der Waals surface area contributed by atoms with Crippen LogP contribution >= 0.6 is 0 Å². The Morgan fingerprint density at radius 1 is 0.500 bits per heavy atom. The molecule has 1 heterocycles. The number of pyridine rings is 1. The van der Waals surface area contributed by atoms with Gasteiger partial charge in [0, 0.05) is 16.3 Å². The van der Waals surface area contributed by atoms with Crippen molar-refractivity contribution in [3.8, 4) is 11.1 Å². The minimum atomic E-state index is 1.04. The lowest BCUT2D eigenvalue weighted by Gasteiger charge is -2.12. The highest BCUT2D eigenvalue weighted by Crippen LogP contribution is 2.35. The topological polar surface area (TPSA) is 12.9 Å². The maximum absolute atomic E-state index is 4.83.